The van der Waals surface area contributed by atoms with Crippen LogP contribution in [0.25, 0.3) is 11.3 Å². The van der Waals surface area contributed by atoms with Gasteiger partial charge in [0.1, 0.15) is 5.75 Å². The number of aliphatic hydroxyl groups excluding tert-OH is 1. The summed E-state index contributed by atoms with van der Waals surface area (Å²) in [4.78, 5) is -0.0960. The third kappa shape index (κ3) is 3.67. The van der Waals surface area contributed by atoms with Crippen LogP contribution in [0.5, 0.6) is 5.75 Å². The van der Waals surface area contributed by atoms with Gasteiger partial charge >= 0.3 is 6.61 Å². The predicted octanol–water partition coefficient (Wildman–Crippen LogP) is 1.84. The van der Waals surface area contributed by atoms with Crippen molar-refractivity contribution in [3.05, 3.63) is 30.5 Å². The van der Waals surface area contributed by atoms with Crippen LogP contribution in [-0.2, 0) is 16.9 Å². The Labute approximate surface area is 132 Å². The minimum atomic E-state index is -3.79. The number of ether oxygens (including phenoxy) is 1. The van der Waals surface area contributed by atoms with E-state index in [1.54, 1.807) is 19.3 Å². The summed E-state index contributed by atoms with van der Waals surface area (Å²) in [6.07, 6.45) is 1.60. The molecule has 126 valence electrons. The van der Waals surface area contributed by atoms with E-state index >= 15 is 0 Å². The van der Waals surface area contributed by atoms with E-state index in [0.717, 1.165) is 6.07 Å². The van der Waals surface area contributed by atoms with Crippen molar-refractivity contribution in [2.75, 3.05) is 6.61 Å². The molecule has 1 N–H and O–H groups in total. The zero-order chi connectivity index (χ0) is 17.2. The zero-order valence-corrected chi connectivity index (χ0v) is 13.3. The lowest BCUT2D eigenvalue weighted by atomic mass is 10.1. The lowest BCUT2D eigenvalue weighted by Gasteiger charge is -2.14. The molecule has 1 atom stereocenters. The Kier molecular flexibility index (Phi) is 5.00. The molecule has 0 amide bonds. The molecule has 0 saturated heterocycles. The number of aryl methyl sites for hydroxylation is 1. The largest absolute Gasteiger partial charge is 0.434 e. The molecule has 1 heterocycles. The number of hydrogen-bond donors (Lipinski definition) is 1. The van der Waals surface area contributed by atoms with Crippen LogP contribution in [0.3, 0.4) is 0 Å². The lowest BCUT2D eigenvalue weighted by molar-refractivity contribution is -0.0494. The van der Waals surface area contributed by atoms with Crippen LogP contribution in [0, 0.1) is 0 Å². The van der Waals surface area contributed by atoms with Crippen LogP contribution in [0.1, 0.15) is 6.92 Å². The van der Waals surface area contributed by atoms with Crippen LogP contribution < -0.4 is 4.74 Å². The number of halogens is 2. The Morgan fingerprint density at radius 1 is 1.35 bits per heavy atom. The van der Waals surface area contributed by atoms with Gasteiger partial charge in [0.15, 0.2) is 9.84 Å². The van der Waals surface area contributed by atoms with Gasteiger partial charge in [-0.3, -0.25) is 4.68 Å². The van der Waals surface area contributed by atoms with Gasteiger partial charge in [0.25, 0.3) is 0 Å². The van der Waals surface area contributed by atoms with E-state index in [9.17, 15) is 17.2 Å². The van der Waals surface area contributed by atoms with E-state index in [1.165, 1.54) is 23.7 Å². The molecule has 6 nitrogen and oxygen atoms in total. The summed E-state index contributed by atoms with van der Waals surface area (Å²) < 4.78 is 55.6. The Morgan fingerprint density at radius 3 is 2.57 bits per heavy atom. The van der Waals surface area contributed by atoms with Crippen molar-refractivity contribution in [1.29, 1.82) is 0 Å². The molecule has 1 unspecified atom stereocenters. The molecule has 23 heavy (non-hydrogen) atoms. The first-order chi connectivity index (χ1) is 10.8. The number of aromatic nitrogens is 2. The molecule has 2 aromatic rings. The number of benzene rings is 1. The highest BCUT2D eigenvalue weighted by Crippen LogP contribution is 2.33. The predicted molar refractivity (Wildman–Crippen MR) is 79.0 cm³/mol. The van der Waals surface area contributed by atoms with Crippen molar-refractivity contribution >= 4 is 9.84 Å². The molecule has 2 rings (SSSR count). The molecular weight excluding hydrogens is 330 g/mol. The second kappa shape index (κ2) is 6.63. The number of hydrogen-bond acceptors (Lipinski definition) is 5. The minimum absolute atomic E-state index is 0.0960. The maximum Gasteiger partial charge on any atom is 0.387 e. The van der Waals surface area contributed by atoms with Gasteiger partial charge < -0.3 is 9.84 Å². The van der Waals surface area contributed by atoms with Gasteiger partial charge in [0.05, 0.1) is 22.4 Å². The first kappa shape index (κ1) is 17.4. The highest BCUT2D eigenvalue weighted by atomic mass is 32.2. The van der Waals surface area contributed by atoms with E-state index in [0.29, 0.717) is 5.69 Å². The van der Waals surface area contributed by atoms with E-state index in [1.807, 2.05) is 0 Å². The highest BCUT2D eigenvalue weighted by molar-refractivity contribution is 7.92. The molecular formula is C14H16F2N2O4S. The summed E-state index contributed by atoms with van der Waals surface area (Å²) in [7, 11) is -2.14. The maximum atomic E-state index is 12.5. The molecule has 9 heteroatoms. The van der Waals surface area contributed by atoms with Gasteiger partial charge in [-0.15, -0.1) is 0 Å². The van der Waals surface area contributed by atoms with Gasteiger partial charge in [-0.25, -0.2) is 8.42 Å². The van der Waals surface area contributed by atoms with Crippen molar-refractivity contribution in [2.45, 2.75) is 23.7 Å². The first-order valence-corrected chi connectivity index (χ1v) is 8.24. The molecule has 0 aliphatic rings. The van der Waals surface area contributed by atoms with Gasteiger partial charge in [-0.2, -0.15) is 13.9 Å². The molecule has 0 saturated carbocycles. The summed E-state index contributed by atoms with van der Waals surface area (Å²) in [6.45, 7) is -2.23. The smallest absolute Gasteiger partial charge is 0.387 e. The molecule has 0 spiro atoms. The van der Waals surface area contributed by atoms with Crippen LogP contribution >= 0.6 is 0 Å². The van der Waals surface area contributed by atoms with Crippen molar-refractivity contribution in [3.63, 3.8) is 0 Å². The Bertz CT molecular complexity index is 790. The molecule has 0 radical (unpaired) electrons. The quantitative estimate of drug-likeness (QED) is 0.863. The number of alkyl halides is 2. The highest BCUT2D eigenvalue weighted by Gasteiger charge is 2.25. The minimum Gasteiger partial charge on any atom is -0.434 e. The van der Waals surface area contributed by atoms with E-state index in [-0.39, 0.29) is 16.2 Å². The average molecular weight is 346 g/mol. The molecule has 0 fully saturated rings. The fourth-order valence-electron chi connectivity index (χ4n) is 1.97. The van der Waals surface area contributed by atoms with Crippen LogP contribution in [-0.4, -0.2) is 41.8 Å². The Balaban J connectivity index is 2.58. The van der Waals surface area contributed by atoms with Gasteiger partial charge in [-0.05, 0) is 31.2 Å². The van der Waals surface area contributed by atoms with E-state index in [2.05, 4.69) is 9.84 Å². The lowest BCUT2D eigenvalue weighted by Crippen LogP contribution is -2.21. The van der Waals surface area contributed by atoms with Crippen LogP contribution in [0.4, 0.5) is 8.78 Å². The molecule has 1 aromatic carbocycles. The topological polar surface area (TPSA) is 81.4 Å². The second-order valence-corrected chi connectivity index (χ2v) is 7.32. The fourth-order valence-corrected chi connectivity index (χ4v) is 3.17. The van der Waals surface area contributed by atoms with Crippen molar-refractivity contribution in [2.24, 2.45) is 7.05 Å². The molecule has 0 aliphatic carbocycles. The standard InChI is InChI=1S/C14H16F2N2O4S/c1-9(8-19)23(20,21)10-3-4-13(22-14(15)16)11(7-10)12-5-6-18(2)17-12/h3-7,9,14,19H,8H2,1-2H3. The normalized spacial score (nSPS) is 13.3. The SMILES string of the molecule is CC(CO)S(=O)(=O)c1ccc(OC(F)F)c(-c2ccn(C)n2)c1. The molecule has 0 aliphatic heterocycles. The molecule has 0 bridgehead atoms. The number of sulfone groups is 1. The van der Waals surface area contributed by atoms with Crippen molar-refractivity contribution < 1.29 is 27.0 Å². The van der Waals surface area contributed by atoms with Gasteiger partial charge in [-0.1, -0.05) is 0 Å². The average Bonchev–Trinajstić information content (AvgIpc) is 2.92. The van der Waals surface area contributed by atoms with E-state index in [4.69, 9.17) is 5.11 Å². The van der Waals surface area contributed by atoms with E-state index < -0.39 is 28.3 Å². The summed E-state index contributed by atoms with van der Waals surface area (Å²) in [5.41, 5.74) is 0.439. The Hall–Kier alpha value is -2.00. The summed E-state index contributed by atoms with van der Waals surface area (Å²) in [5.74, 6) is -0.172. The van der Waals surface area contributed by atoms with Gasteiger partial charge in [0.2, 0.25) is 0 Å². The fraction of sp³-hybridized carbons (Fsp3) is 0.357. The monoisotopic (exact) mass is 346 g/mol. The first-order valence-electron chi connectivity index (χ1n) is 6.69. The number of rotatable bonds is 6. The molecule has 1 aromatic heterocycles. The third-order valence-corrected chi connectivity index (χ3v) is 5.39. The van der Waals surface area contributed by atoms with Gasteiger partial charge in [0, 0.05) is 18.8 Å². The second-order valence-electron chi connectivity index (χ2n) is 4.95. The van der Waals surface area contributed by atoms with Crippen molar-refractivity contribution in [3.8, 4) is 17.0 Å². The third-order valence-electron chi connectivity index (χ3n) is 3.27. The van der Waals surface area contributed by atoms with Crippen molar-refractivity contribution in [1.82, 2.24) is 9.78 Å². The maximum absolute atomic E-state index is 12.5. The zero-order valence-electron chi connectivity index (χ0n) is 12.5. The summed E-state index contributed by atoms with van der Waals surface area (Å²) in [6, 6.07) is 5.11. The van der Waals surface area contributed by atoms with Crippen LogP contribution in [0.2, 0.25) is 0 Å². The number of nitrogens with zero attached hydrogens (tertiary/aromatic N) is 2. The van der Waals surface area contributed by atoms with Crippen LogP contribution in [0.15, 0.2) is 35.4 Å². The Morgan fingerprint density at radius 2 is 2.04 bits per heavy atom. The summed E-state index contributed by atoms with van der Waals surface area (Å²) in [5, 5.41) is 12.1. The summed E-state index contributed by atoms with van der Waals surface area (Å²) >= 11 is 0. The number of aliphatic hydroxyl groups is 1.